The van der Waals surface area contributed by atoms with Gasteiger partial charge in [0.25, 0.3) is 0 Å². The lowest BCUT2D eigenvalue weighted by Gasteiger charge is -2.48. The zero-order valence-electron chi connectivity index (χ0n) is 12.7. The maximum Gasteiger partial charge on any atom is 0.0833 e. The predicted molar refractivity (Wildman–Crippen MR) is 76.8 cm³/mol. The second kappa shape index (κ2) is 5.50. The highest BCUT2D eigenvalue weighted by Crippen LogP contribution is 2.46. The van der Waals surface area contributed by atoms with Crippen LogP contribution in [0.25, 0.3) is 0 Å². The van der Waals surface area contributed by atoms with Gasteiger partial charge in [-0.05, 0) is 56.9 Å². The highest BCUT2D eigenvalue weighted by atomic mass is 16.5. The standard InChI is InChI=1S/C16H31NO/c1-15(2)9-11-16(18-4,12-10-15)14(17-3)13-7-5-6-8-13/h13-14,17H,5-12H2,1-4H3. The van der Waals surface area contributed by atoms with Gasteiger partial charge in [-0.2, -0.15) is 0 Å². The summed E-state index contributed by atoms with van der Waals surface area (Å²) in [5.74, 6) is 0.830. The lowest BCUT2D eigenvalue weighted by Crippen LogP contribution is -2.56. The number of likely N-dealkylation sites (N-methyl/N-ethyl adjacent to an activating group) is 1. The summed E-state index contributed by atoms with van der Waals surface area (Å²) in [5, 5.41) is 3.61. The van der Waals surface area contributed by atoms with Crippen molar-refractivity contribution in [2.45, 2.75) is 76.9 Å². The van der Waals surface area contributed by atoms with Gasteiger partial charge >= 0.3 is 0 Å². The first-order valence-corrected chi connectivity index (χ1v) is 7.75. The molecule has 2 rings (SSSR count). The van der Waals surface area contributed by atoms with Gasteiger partial charge in [-0.15, -0.1) is 0 Å². The Kier molecular flexibility index (Phi) is 4.38. The third-order valence-electron chi connectivity index (χ3n) is 5.61. The Morgan fingerprint density at radius 3 is 2.06 bits per heavy atom. The van der Waals surface area contributed by atoms with Crippen LogP contribution in [0.3, 0.4) is 0 Å². The van der Waals surface area contributed by atoms with Gasteiger partial charge in [-0.3, -0.25) is 0 Å². The molecule has 2 saturated carbocycles. The Balaban J connectivity index is 2.10. The maximum atomic E-state index is 6.08. The normalized spacial score (nSPS) is 29.3. The minimum absolute atomic E-state index is 0.0965. The molecule has 0 bridgehead atoms. The van der Waals surface area contributed by atoms with Crippen LogP contribution < -0.4 is 5.32 Å². The average Bonchev–Trinajstić information content (AvgIpc) is 2.86. The van der Waals surface area contributed by atoms with Crippen LogP contribution in [0.15, 0.2) is 0 Å². The number of rotatable bonds is 4. The molecule has 0 heterocycles. The monoisotopic (exact) mass is 253 g/mol. The third kappa shape index (κ3) is 2.75. The van der Waals surface area contributed by atoms with E-state index >= 15 is 0 Å². The predicted octanol–water partition coefficient (Wildman–Crippen LogP) is 3.75. The molecule has 0 aromatic heterocycles. The summed E-state index contributed by atoms with van der Waals surface area (Å²) in [5.41, 5.74) is 0.606. The fourth-order valence-corrected chi connectivity index (χ4v) is 4.21. The fourth-order valence-electron chi connectivity index (χ4n) is 4.21. The number of ether oxygens (including phenoxy) is 1. The van der Waals surface area contributed by atoms with Crippen molar-refractivity contribution < 1.29 is 4.74 Å². The first kappa shape index (κ1) is 14.3. The third-order valence-corrected chi connectivity index (χ3v) is 5.61. The van der Waals surface area contributed by atoms with Crippen molar-refractivity contribution in [3.63, 3.8) is 0 Å². The molecule has 2 aliphatic rings. The van der Waals surface area contributed by atoms with Crippen LogP contribution in [0.1, 0.15) is 65.2 Å². The summed E-state index contributed by atoms with van der Waals surface area (Å²) < 4.78 is 6.08. The molecular weight excluding hydrogens is 222 g/mol. The quantitative estimate of drug-likeness (QED) is 0.824. The molecule has 2 nitrogen and oxygen atoms in total. The van der Waals surface area contributed by atoms with E-state index in [1.165, 1.54) is 51.4 Å². The minimum atomic E-state index is 0.0965. The van der Waals surface area contributed by atoms with Gasteiger partial charge in [0, 0.05) is 13.2 Å². The SMILES string of the molecule is CNC(C1CCCC1)C1(OC)CCC(C)(C)CC1. The first-order valence-electron chi connectivity index (χ1n) is 7.75. The van der Waals surface area contributed by atoms with Crippen LogP contribution in [0, 0.1) is 11.3 Å². The number of methoxy groups -OCH3 is 1. The molecule has 106 valence electrons. The number of nitrogens with one attached hydrogen (secondary N) is 1. The largest absolute Gasteiger partial charge is 0.377 e. The molecule has 1 N–H and O–H groups in total. The lowest BCUT2D eigenvalue weighted by atomic mass is 9.66. The average molecular weight is 253 g/mol. The molecule has 0 aromatic carbocycles. The Morgan fingerprint density at radius 1 is 1.06 bits per heavy atom. The van der Waals surface area contributed by atoms with Crippen LogP contribution in [0.5, 0.6) is 0 Å². The van der Waals surface area contributed by atoms with Crippen LogP contribution in [0.2, 0.25) is 0 Å². The molecule has 0 aromatic rings. The van der Waals surface area contributed by atoms with E-state index in [-0.39, 0.29) is 5.60 Å². The van der Waals surface area contributed by atoms with Crippen molar-refractivity contribution >= 4 is 0 Å². The smallest absolute Gasteiger partial charge is 0.0833 e. The van der Waals surface area contributed by atoms with Crippen molar-refractivity contribution in [1.29, 1.82) is 0 Å². The summed E-state index contributed by atoms with van der Waals surface area (Å²) in [7, 11) is 4.06. The van der Waals surface area contributed by atoms with Gasteiger partial charge in [-0.25, -0.2) is 0 Å². The van der Waals surface area contributed by atoms with Crippen molar-refractivity contribution in [3.05, 3.63) is 0 Å². The lowest BCUT2D eigenvalue weighted by molar-refractivity contribution is -0.0967. The van der Waals surface area contributed by atoms with Crippen molar-refractivity contribution in [2.75, 3.05) is 14.2 Å². The Morgan fingerprint density at radius 2 is 1.61 bits per heavy atom. The van der Waals surface area contributed by atoms with E-state index in [1.54, 1.807) is 0 Å². The zero-order chi connectivity index (χ0) is 13.2. The molecule has 18 heavy (non-hydrogen) atoms. The van der Waals surface area contributed by atoms with Crippen LogP contribution >= 0.6 is 0 Å². The topological polar surface area (TPSA) is 21.3 Å². The first-order chi connectivity index (χ1) is 8.53. The van der Waals surface area contributed by atoms with E-state index in [0.29, 0.717) is 11.5 Å². The summed E-state index contributed by atoms with van der Waals surface area (Å²) >= 11 is 0. The van der Waals surface area contributed by atoms with E-state index in [9.17, 15) is 0 Å². The molecule has 0 amide bonds. The molecule has 0 radical (unpaired) electrons. The Labute approximate surface area is 113 Å². The van der Waals surface area contributed by atoms with Crippen LogP contribution in [0.4, 0.5) is 0 Å². The van der Waals surface area contributed by atoms with Gasteiger partial charge in [0.2, 0.25) is 0 Å². The van der Waals surface area contributed by atoms with E-state index in [4.69, 9.17) is 4.74 Å². The van der Waals surface area contributed by atoms with Crippen molar-refractivity contribution in [2.24, 2.45) is 11.3 Å². The molecule has 0 aliphatic heterocycles. The Bertz CT molecular complexity index is 258. The van der Waals surface area contributed by atoms with Gasteiger partial charge < -0.3 is 10.1 Å². The molecule has 1 unspecified atom stereocenters. The fraction of sp³-hybridized carbons (Fsp3) is 1.00. The highest BCUT2D eigenvalue weighted by Gasteiger charge is 2.46. The molecule has 0 spiro atoms. The van der Waals surface area contributed by atoms with Gasteiger partial charge in [-0.1, -0.05) is 26.7 Å². The van der Waals surface area contributed by atoms with Gasteiger partial charge in [0.05, 0.1) is 5.60 Å². The van der Waals surface area contributed by atoms with Crippen molar-refractivity contribution in [1.82, 2.24) is 5.32 Å². The maximum absolute atomic E-state index is 6.08. The molecule has 2 aliphatic carbocycles. The molecule has 0 saturated heterocycles. The Hall–Kier alpha value is -0.0800. The molecule has 1 atom stereocenters. The summed E-state index contributed by atoms with van der Waals surface area (Å²) in [6.07, 6.45) is 10.6. The van der Waals surface area contributed by atoms with Gasteiger partial charge in [0.1, 0.15) is 0 Å². The molecular formula is C16H31NO. The van der Waals surface area contributed by atoms with E-state index < -0.39 is 0 Å². The van der Waals surface area contributed by atoms with Crippen LogP contribution in [-0.2, 0) is 4.74 Å². The zero-order valence-corrected chi connectivity index (χ0v) is 12.7. The minimum Gasteiger partial charge on any atom is -0.377 e. The molecule has 2 heteroatoms. The summed E-state index contributed by atoms with van der Waals surface area (Å²) in [6.45, 7) is 4.80. The van der Waals surface area contributed by atoms with Gasteiger partial charge in [0.15, 0.2) is 0 Å². The van der Waals surface area contributed by atoms with Crippen LogP contribution in [-0.4, -0.2) is 25.8 Å². The van der Waals surface area contributed by atoms with Crippen molar-refractivity contribution in [3.8, 4) is 0 Å². The summed E-state index contributed by atoms with van der Waals surface area (Å²) in [4.78, 5) is 0. The van der Waals surface area contributed by atoms with E-state index in [1.807, 2.05) is 7.11 Å². The second-order valence-corrected chi connectivity index (χ2v) is 7.24. The summed E-state index contributed by atoms with van der Waals surface area (Å²) in [6, 6.07) is 0.557. The number of hydrogen-bond donors (Lipinski definition) is 1. The number of hydrogen-bond acceptors (Lipinski definition) is 2. The second-order valence-electron chi connectivity index (χ2n) is 7.24. The molecule has 2 fully saturated rings. The highest BCUT2D eigenvalue weighted by molar-refractivity contribution is 5.01. The van der Waals surface area contributed by atoms with E-state index in [0.717, 1.165) is 5.92 Å². The van der Waals surface area contributed by atoms with E-state index in [2.05, 4.69) is 26.2 Å².